The SMILES string of the molecule is O=C(c1ccc(O)c(-c2nc3cc(-n4nc(C5CC5)cc4-c4ccc(Cl)o4)ccc3n2Cc2ccnc(N3CCOCC3)c2)c1)N1CCCC1. The van der Waals surface area contributed by atoms with Gasteiger partial charge < -0.3 is 28.6 Å². The van der Waals surface area contributed by atoms with Crippen LogP contribution in [-0.2, 0) is 11.3 Å². The number of fused-ring (bicyclic) bond motifs is 1. The number of hydrogen-bond donors (Lipinski definition) is 1. The van der Waals surface area contributed by atoms with Crippen LogP contribution in [0.2, 0.25) is 5.22 Å². The van der Waals surface area contributed by atoms with Crippen molar-refractivity contribution in [2.75, 3.05) is 44.3 Å². The van der Waals surface area contributed by atoms with Crippen LogP contribution in [0.4, 0.5) is 5.82 Å². The van der Waals surface area contributed by atoms with Crippen LogP contribution in [0.5, 0.6) is 5.75 Å². The Morgan fingerprint density at radius 2 is 1.78 bits per heavy atom. The smallest absolute Gasteiger partial charge is 0.253 e. The van der Waals surface area contributed by atoms with E-state index in [0.29, 0.717) is 53.6 Å². The Hall–Kier alpha value is -5.13. The molecule has 0 spiro atoms. The first-order valence-corrected chi connectivity index (χ1v) is 17.6. The van der Waals surface area contributed by atoms with Crippen LogP contribution in [0.1, 0.15) is 53.2 Å². The van der Waals surface area contributed by atoms with Crippen molar-refractivity contribution in [1.29, 1.82) is 0 Å². The molecule has 1 amide bonds. The van der Waals surface area contributed by atoms with Crippen molar-refractivity contribution in [3.63, 3.8) is 0 Å². The van der Waals surface area contributed by atoms with E-state index in [9.17, 15) is 9.90 Å². The van der Waals surface area contributed by atoms with Crippen molar-refractivity contribution in [3.05, 3.63) is 95.0 Å². The molecule has 2 aromatic carbocycles. The lowest BCUT2D eigenvalue weighted by Gasteiger charge is -2.28. The summed E-state index contributed by atoms with van der Waals surface area (Å²) in [5, 5.41) is 16.6. The lowest BCUT2D eigenvalue weighted by atomic mass is 10.1. The van der Waals surface area contributed by atoms with E-state index in [1.54, 1.807) is 24.3 Å². The summed E-state index contributed by atoms with van der Waals surface area (Å²) in [6, 6.07) is 20.9. The molecule has 254 valence electrons. The van der Waals surface area contributed by atoms with Crippen LogP contribution < -0.4 is 4.90 Å². The number of phenols is 1. The molecule has 12 heteroatoms. The zero-order chi connectivity index (χ0) is 33.8. The number of amides is 1. The van der Waals surface area contributed by atoms with Gasteiger partial charge in [-0.05, 0) is 110 Å². The van der Waals surface area contributed by atoms with Crippen LogP contribution in [0.15, 0.2) is 77.3 Å². The van der Waals surface area contributed by atoms with Crippen molar-refractivity contribution >= 4 is 34.4 Å². The number of halogens is 1. The largest absolute Gasteiger partial charge is 0.507 e. The topological polar surface area (TPSA) is 115 Å². The first-order chi connectivity index (χ1) is 24.5. The van der Waals surface area contributed by atoms with E-state index in [-0.39, 0.29) is 11.7 Å². The molecule has 4 aromatic heterocycles. The number of imidazole rings is 1. The molecular weight excluding hydrogens is 654 g/mol. The maximum absolute atomic E-state index is 13.5. The van der Waals surface area contributed by atoms with Crippen molar-refractivity contribution in [1.82, 2.24) is 29.2 Å². The van der Waals surface area contributed by atoms with Crippen molar-refractivity contribution in [3.8, 4) is 34.3 Å². The normalized spacial score (nSPS) is 16.5. The van der Waals surface area contributed by atoms with E-state index in [1.165, 1.54) is 0 Å². The minimum absolute atomic E-state index is 0.0336. The molecule has 2 aliphatic heterocycles. The molecular formula is C38H36ClN7O4. The summed E-state index contributed by atoms with van der Waals surface area (Å²) >= 11 is 6.18. The van der Waals surface area contributed by atoms with Gasteiger partial charge in [-0.3, -0.25) is 4.79 Å². The molecule has 1 aliphatic carbocycles. The minimum atomic E-state index is -0.0336. The van der Waals surface area contributed by atoms with Crippen LogP contribution in [-0.4, -0.2) is 79.6 Å². The van der Waals surface area contributed by atoms with Gasteiger partial charge in [0.25, 0.3) is 5.91 Å². The number of benzene rings is 2. The number of likely N-dealkylation sites (tertiary alicyclic amines) is 1. The van der Waals surface area contributed by atoms with E-state index in [1.807, 2.05) is 46.1 Å². The molecule has 1 N–H and O–H groups in total. The highest BCUT2D eigenvalue weighted by atomic mass is 35.5. The predicted octanol–water partition coefficient (Wildman–Crippen LogP) is 6.90. The molecule has 50 heavy (non-hydrogen) atoms. The Bertz CT molecular complexity index is 2220. The van der Waals surface area contributed by atoms with E-state index in [0.717, 1.165) is 91.4 Å². The number of carbonyl (C=O) groups is 1. The third kappa shape index (κ3) is 5.80. The summed E-state index contributed by atoms with van der Waals surface area (Å²) in [4.78, 5) is 27.4. The monoisotopic (exact) mass is 689 g/mol. The Morgan fingerprint density at radius 3 is 2.56 bits per heavy atom. The number of rotatable bonds is 8. The summed E-state index contributed by atoms with van der Waals surface area (Å²) in [6.45, 7) is 4.86. The molecule has 3 aliphatic rings. The second-order valence-electron chi connectivity index (χ2n) is 13.3. The molecule has 6 heterocycles. The van der Waals surface area contributed by atoms with Crippen molar-refractivity contribution < 1.29 is 19.1 Å². The molecule has 9 rings (SSSR count). The highest BCUT2D eigenvalue weighted by Gasteiger charge is 2.29. The first kappa shape index (κ1) is 30.9. The molecule has 0 unspecified atom stereocenters. The number of ether oxygens (including phenoxy) is 1. The third-order valence-corrected chi connectivity index (χ3v) is 10.1. The highest BCUT2D eigenvalue weighted by molar-refractivity contribution is 6.29. The molecule has 3 fully saturated rings. The van der Waals surface area contributed by atoms with Gasteiger partial charge in [0.1, 0.15) is 23.1 Å². The van der Waals surface area contributed by atoms with Gasteiger partial charge in [0, 0.05) is 50.4 Å². The van der Waals surface area contributed by atoms with Gasteiger partial charge in [-0.25, -0.2) is 14.6 Å². The van der Waals surface area contributed by atoms with Gasteiger partial charge in [-0.1, -0.05) is 0 Å². The second-order valence-corrected chi connectivity index (χ2v) is 13.7. The van der Waals surface area contributed by atoms with Crippen LogP contribution in [0, 0.1) is 0 Å². The lowest BCUT2D eigenvalue weighted by Crippen LogP contribution is -2.36. The highest BCUT2D eigenvalue weighted by Crippen LogP contribution is 2.42. The molecule has 2 saturated heterocycles. The Morgan fingerprint density at radius 1 is 0.940 bits per heavy atom. The Labute approximate surface area is 293 Å². The molecule has 6 aromatic rings. The quantitative estimate of drug-likeness (QED) is 0.184. The van der Waals surface area contributed by atoms with Gasteiger partial charge in [-0.2, -0.15) is 5.10 Å². The number of carbonyl (C=O) groups excluding carboxylic acids is 1. The first-order valence-electron chi connectivity index (χ1n) is 17.2. The molecule has 0 radical (unpaired) electrons. The predicted molar refractivity (Wildman–Crippen MR) is 190 cm³/mol. The van der Waals surface area contributed by atoms with E-state index in [4.69, 9.17) is 30.8 Å². The number of pyridine rings is 1. The van der Waals surface area contributed by atoms with Crippen LogP contribution >= 0.6 is 11.6 Å². The number of morpholine rings is 1. The number of hydrogen-bond acceptors (Lipinski definition) is 8. The third-order valence-electron chi connectivity index (χ3n) is 9.89. The maximum Gasteiger partial charge on any atom is 0.253 e. The number of phenolic OH excluding ortho intramolecular Hbond substituents is 1. The fourth-order valence-electron chi connectivity index (χ4n) is 7.08. The molecule has 0 atom stereocenters. The average Bonchev–Trinajstić information content (AvgIpc) is 3.50. The Balaban J connectivity index is 1.16. The van der Waals surface area contributed by atoms with Gasteiger partial charge in [0.15, 0.2) is 11.0 Å². The van der Waals surface area contributed by atoms with Crippen LogP contribution in [0.3, 0.4) is 0 Å². The Kier molecular flexibility index (Phi) is 7.81. The van der Waals surface area contributed by atoms with E-state index in [2.05, 4.69) is 26.6 Å². The minimum Gasteiger partial charge on any atom is -0.507 e. The zero-order valence-corrected chi connectivity index (χ0v) is 28.2. The second kappa shape index (κ2) is 12.6. The van der Waals surface area contributed by atoms with Gasteiger partial charge >= 0.3 is 0 Å². The molecule has 0 bridgehead atoms. The standard InChI is InChI=1S/C38H36ClN7O4/c39-35-10-9-34(50-35)32-22-29(25-3-4-25)42-46(32)27-6-7-31-30(21-27)41-37(28-20-26(5-8-33(28)47)38(48)44-13-1-2-14-44)45(31)23-24-11-12-40-36(19-24)43-15-17-49-18-16-43/h5-12,19-22,25,47H,1-4,13-18,23H2. The summed E-state index contributed by atoms with van der Waals surface area (Å²) < 4.78 is 15.4. The number of furan rings is 1. The summed E-state index contributed by atoms with van der Waals surface area (Å²) in [5.41, 5.74) is 6.33. The molecule has 1 saturated carbocycles. The van der Waals surface area contributed by atoms with Crippen molar-refractivity contribution in [2.45, 2.75) is 38.1 Å². The van der Waals surface area contributed by atoms with E-state index >= 15 is 0 Å². The number of anilines is 1. The zero-order valence-electron chi connectivity index (χ0n) is 27.5. The summed E-state index contributed by atoms with van der Waals surface area (Å²) in [6.07, 6.45) is 6.07. The number of aromatic nitrogens is 5. The number of aromatic hydroxyl groups is 1. The van der Waals surface area contributed by atoms with Gasteiger partial charge in [0.05, 0.1) is 41.2 Å². The van der Waals surface area contributed by atoms with Gasteiger partial charge in [-0.15, -0.1) is 0 Å². The van der Waals surface area contributed by atoms with Gasteiger partial charge in [0.2, 0.25) is 0 Å². The fourth-order valence-corrected chi connectivity index (χ4v) is 7.22. The van der Waals surface area contributed by atoms with Crippen LogP contribution in [0.25, 0.3) is 39.6 Å². The molecule has 11 nitrogen and oxygen atoms in total. The van der Waals surface area contributed by atoms with E-state index < -0.39 is 0 Å². The fraction of sp³-hybridized carbons (Fsp3) is 0.316. The average molecular weight is 690 g/mol. The summed E-state index contributed by atoms with van der Waals surface area (Å²) in [5.74, 6) is 2.56. The number of nitrogens with zero attached hydrogens (tertiary/aromatic N) is 7. The van der Waals surface area contributed by atoms with Crippen molar-refractivity contribution in [2.24, 2.45) is 0 Å². The summed E-state index contributed by atoms with van der Waals surface area (Å²) in [7, 11) is 0. The lowest BCUT2D eigenvalue weighted by molar-refractivity contribution is 0.0793. The maximum atomic E-state index is 13.5.